The van der Waals surface area contributed by atoms with E-state index in [1.54, 1.807) is 6.92 Å². The third-order valence-corrected chi connectivity index (χ3v) is 8.39. The van der Waals surface area contributed by atoms with Gasteiger partial charge in [-0.05, 0) is 68.4 Å². The minimum Gasteiger partial charge on any atom is -0.462 e. The van der Waals surface area contributed by atoms with Crippen molar-refractivity contribution in [1.29, 1.82) is 0 Å². The zero-order valence-corrected chi connectivity index (χ0v) is 25.0. The molecule has 0 bridgehead atoms. The Hall–Kier alpha value is -3.66. The molecule has 1 aromatic heterocycles. The molecule has 0 spiro atoms. The van der Waals surface area contributed by atoms with E-state index in [1.807, 2.05) is 98.1 Å². The summed E-state index contributed by atoms with van der Waals surface area (Å²) in [4.78, 5) is 27.3. The van der Waals surface area contributed by atoms with Crippen LogP contribution in [0.2, 0.25) is 0 Å². The average molecular weight is 590 g/mol. The van der Waals surface area contributed by atoms with Crippen LogP contribution < -0.4 is 16.0 Å². The summed E-state index contributed by atoms with van der Waals surface area (Å²) in [5, 5.41) is 11.9. The van der Waals surface area contributed by atoms with Gasteiger partial charge in [-0.1, -0.05) is 61.0 Å². The van der Waals surface area contributed by atoms with Crippen molar-refractivity contribution in [1.82, 2.24) is 0 Å². The lowest BCUT2D eigenvalue weighted by Crippen LogP contribution is -2.25. The Balaban J connectivity index is 1.47. The standard InChI is InChI=1S/C31H31N3O3S3/c1-4-26(40-24-13-9-12-23(18-24)33-31(38)32-22-10-7-6-8-11-22)28(35)34-29-27(30(36)37-5-2)25(19-39-29)21-16-14-20(3)15-17-21/h6-19,26H,4-5H2,1-3H3,(H,34,35)(H2,32,33,38). The summed E-state index contributed by atoms with van der Waals surface area (Å²) in [5.74, 6) is -0.621. The summed E-state index contributed by atoms with van der Waals surface area (Å²) in [7, 11) is 0. The number of hydrogen-bond acceptors (Lipinski definition) is 6. The fourth-order valence-electron chi connectivity index (χ4n) is 3.94. The second-order valence-electron chi connectivity index (χ2n) is 8.92. The van der Waals surface area contributed by atoms with Gasteiger partial charge in [-0.25, -0.2) is 4.79 Å². The number of thioether (sulfide) groups is 1. The molecule has 40 heavy (non-hydrogen) atoms. The molecule has 0 saturated carbocycles. The van der Waals surface area contributed by atoms with Crippen molar-refractivity contribution in [3.05, 3.63) is 95.4 Å². The second-order valence-corrected chi connectivity index (χ2v) is 11.5. The fourth-order valence-corrected chi connectivity index (χ4v) is 6.15. The van der Waals surface area contributed by atoms with E-state index in [2.05, 4.69) is 16.0 Å². The van der Waals surface area contributed by atoms with E-state index in [4.69, 9.17) is 17.0 Å². The molecule has 1 atom stereocenters. The van der Waals surface area contributed by atoms with Crippen molar-refractivity contribution >= 4 is 68.7 Å². The maximum Gasteiger partial charge on any atom is 0.341 e. The van der Waals surface area contributed by atoms with Gasteiger partial charge in [0.25, 0.3) is 0 Å². The third-order valence-electron chi connectivity index (χ3n) is 5.94. The Morgan fingerprint density at radius 2 is 1.62 bits per heavy atom. The highest BCUT2D eigenvalue weighted by Crippen LogP contribution is 2.37. The first-order valence-corrected chi connectivity index (χ1v) is 15.1. The Morgan fingerprint density at radius 3 is 2.33 bits per heavy atom. The molecule has 1 heterocycles. The highest BCUT2D eigenvalue weighted by molar-refractivity contribution is 8.00. The molecule has 0 fully saturated rings. The smallest absolute Gasteiger partial charge is 0.341 e. The first-order chi connectivity index (χ1) is 19.4. The van der Waals surface area contributed by atoms with Crippen LogP contribution in [0.1, 0.15) is 36.2 Å². The maximum atomic E-state index is 13.4. The molecule has 0 aliphatic heterocycles. The number of amides is 1. The topological polar surface area (TPSA) is 79.5 Å². The van der Waals surface area contributed by atoms with Gasteiger partial charge in [0.1, 0.15) is 10.6 Å². The number of benzene rings is 3. The molecule has 9 heteroatoms. The Kier molecular flexibility index (Phi) is 10.3. The monoisotopic (exact) mass is 589 g/mol. The molecule has 3 aromatic carbocycles. The summed E-state index contributed by atoms with van der Waals surface area (Å²) in [6, 6.07) is 25.4. The molecular formula is C31H31N3O3S3. The molecule has 6 nitrogen and oxygen atoms in total. The van der Waals surface area contributed by atoms with Crippen LogP contribution in [0.4, 0.5) is 16.4 Å². The number of esters is 1. The fraction of sp³-hybridized carbons (Fsp3) is 0.194. The zero-order chi connectivity index (χ0) is 28.5. The molecule has 0 aliphatic rings. The number of thiocarbonyl (C=S) groups is 1. The van der Waals surface area contributed by atoms with Crippen LogP contribution in [-0.4, -0.2) is 28.8 Å². The predicted molar refractivity (Wildman–Crippen MR) is 172 cm³/mol. The molecular weight excluding hydrogens is 559 g/mol. The molecule has 1 unspecified atom stereocenters. The van der Waals surface area contributed by atoms with Crippen molar-refractivity contribution in [2.24, 2.45) is 0 Å². The molecule has 206 valence electrons. The SMILES string of the molecule is CCOC(=O)c1c(-c2ccc(C)cc2)csc1NC(=O)C(CC)Sc1cccc(NC(=S)Nc2ccccc2)c1. The quantitative estimate of drug-likeness (QED) is 0.0977. The van der Waals surface area contributed by atoms with Crippen molar-refractivity contribution in [3.63, 3.8) is 0 Å². The summed E-state index contributed by atoms with van der Waals surface area (Å²) < 4.78 is 5.35. The average Bonchev–Trinajstić information content (AvgIpc) is 3.36. The summed E-state index contributed by atoms with van der Waals surface area (Å²) in [6.07, 6.45) is 0.604. The highest BCUT2D eigenvalue weighted by Gasteiger charge is 2.25. The van der Waals surface area contributed by atoms with E-state index in [0.29, 0.717) is 22.1 Å². The molecule has 0 aliphatic carbocycles. The van der Waals surface area contributed by atoms with E-state index >= 15 is 0 Å². The Morgan fingerprint density at radius 1 is 0.925 bits per heavy atom. The number of ether oxygens (including phenoxy) is 1. The molecule has 3 N–H and O–H groups in total. The number of carbonyl (C=O) groups excluding carboxylic acids is 2. The van der Waals surface area contributed by atoms with E-state index in [9.17, 15) is 9.59 Å². The van der Waals surface area contributed by atoms with Crippen LogP contribution in [-0.2, 0) is 9.53 Å². The second kappa shape index (κ2) is 14.1. The first kappa shape index (κ1) is 29.3. The lowest BCUT2D eigenvalue weighted by atomic mass is 10.0. The van der Waals surface area contributed by atoms with Crippen LogP contribution in [0.25, 0.3) is 11.1 Å². The number of para-hydroxylation sites is 1. The van der Waals surface area contributed by atoms with E-state index in [0.717, 1.165) is 33.0 Å². The lowest BCUT2D eigenvalue weighted by Gasteiger charge is -2.16. The zero-order valence-electron chi connectivity index (χ0n) is 22.5. The normalized spacial score (nSPS) is 11.4. The molecule has 4 rings (SSSR count). The number of anilines is 3. The van der Waals surface area contributed by atoms with E-state index < -0.39 is 5.97 Å². The molecule has 4 aromatic rings. The summed E-state index contributed by atoms with van der Waals surface area (Å²) in [6.45, 7) is 6.00. The van der Waals surface area contributed by atoms with Crippen molar-refractivity contribution in [2.45, 2.75) is 37.3 Å². The van der Waals surface area contributed by atoms with Crippen LogP contribution in [0.5, 0.6) is 0 Å². The number of carbonyl (C=O) groups is 2. The predicted octanol–water partition coefficient (Wildman–Crippen LogP) is 8.22. The van der Waals surface area contributed by atoms with Crippen molar-refractivity contribution < 1.29 is 14.3 Å². The van der Waals surface area contributed by atoms with Gasteiger partial charge in [0, 0.05) is 27.2 Å². The van der Waals surface area contributed by atoms with Crippen LogP contribution in [0, 0.1) is 6.92 Å². The Labute approximate surface area is 248 Å². The number of nitrogens with one attached hydrogen (secondary N) is 3. The number of aryl methyl sites for hydroxylation is 1. The summed E-state index contributed by atoms with van der Waals surface area (Å²) >= 11 is 8.24. The molecule has 0 saturated heterocycles. The van der Waals surface area contributed by atoms with Crippen molar-refractivity contribution in [3.8, 4) is 11.1 Å². The molecule has 0 radical (unpaired) electrons. The van der Waals surface area contributed by atoms with Gasteiger partial charge in [-0.15, -0.1) is 23.1 Å². The number of hydrogen-bond donors (Lipinski definition) is 3. The van der Waals surface area contributed by atoms with Gasteiger partial charge in [0.05, 0.1) is 11.9 Å². The van der Waals surface area contributed by atoms with Crippen LogP contribution in [0.15, 0.2) is 89.1 Å². The first-order valence-electron chi connectivity index (χ1n) is 12.9. The van der Waals surface area contributed by atoms with Gasteiger partial charge >= 0.3 is 5.97 Å². The Bertz CT molecular complexity index is 1470. The van der Waals surface area contributed by atoms with E-state index in [1.165, 1.54) is 23.1 Å². The van der Waals surface area contributed by atoms with Gasteiger partial charge in [-0.3, -0.25) is 4.79 Å². The maximum absolute atomic E-state index is 13.4. The largest absolute Gasteiger partial charge is 0.462 e. The van der Waals surface area contributed by atoms with Gasteiger partial charge in [0.15, 0.2) is 5.11 Å². The third kappa shape index (κ3) is 7.71. The van der Waals surface area contributed by atoms with Crippen molar-refractivity contribution in [2.75, 3.05) is 22.6 Å². The van der Waals surface area contributed by atoms with Gasteiger partial charge < -0.3 is 20.7 Å². The van der Waals surface area contributed by atoms with Crippen LogP contribution in [0.3, 0.4) is 0 Å². The lowest BCUT2D eigenvalue weighted by molar-refractivity contribution is -0.115. The number of thiophene rings is 1. The van der Waals surface area contributed by atoms with Gasteiger partial charge in [0.2, 0.25) is 5.91 Å². The minimum absolute atomic E-state index is 0.171. The van der Waals surface area contributed by atoms with Gasteiger partial charge in [-0.2, -0.15) is 0 Å². The highest BCUT2D eigenvalue weighted by atomic mass is 32.2. The molecule has 1 amide bonds. The van der Waals surface area contributed by atoms with Crippen LogP contribution >= 0.6 is 35.3 Å². The van der Waals surface area contributed by atoms with E-state index in [-0.39, 0.29) is 17.8 Å². The number of rotatable bonds is 10. The minimum atomic E-state index is -0.450. The summed E-state index contributed by atoms with van der Waals surface area (Å²) in [5.41, 5.74) is 4.87.